The summed E-state index contributed by atoms with van der Waals surface area (Å²) in [6.07, 6.45) is 3.98. The van der Waals surface area contributed by atoms with Crippen molar-refractivity contribution in [1.29, 1.82) is 0 Å². The number of hydrogen-bond acceptors (Lipinski definition) is 5. The highest BCUT2D eigenvalue weighted by atomic mass is 32.1. The lowest BCUT2D eigenvalue weighted by Gasteiger charge is -2.16. The fourth-order valence-corrected chi connectivity index (χ4v) is 2.64. The van der Waals surface area contributed by atoms with Crippen molar-refractivity contribution in [1.82, 2.24) is 15.5 Å². The summed E-state index contributed by atoms with van der Waals surface area (Å²) in [6, 6.07) is 0.479. The van der Waals surface area contributed by atoms with Crippen molar-refractivity contribution in [2.75, 3.05) is 6.61 Å². The normalized spacial score (nSPS) is 22.5. The van der Waals surface area contributed by atoms with Gasteiger partial charge in [-0.05, 0) is 33.1 Å². The first kappa shape index (κ1) is 12.0. The number of nitrogens with zero attached hydrogens (tertiary/aromatic N) is 2. The number of hydrogen-bond donors (Lipinski definition) is 1. The van der Waals surface area contributed by atoms with Crippen LogP contribution < -0.4 is 5.32 Å². The monoisotopic (exact) mass is 241 g/mol. The highest BCUT2D eigenvalue weighted by molar-refractivity contribution is 7.11. The quantitative estimate of drug-likeness (QED) is 0.855. The highest BCUT2D eigenvalue weighted by Gasteiger charge is 2.18. The van der Waals surface area contributed by atoms with Gasteiger partial charge in [0.2, 0.25) is 0 Å². The van der Waals surface area contributed by atoms with Crippen LogP contribution in [0.2, 0.25) is 0 Å². The second-order valence-electron chi connectivity index (χ2n) is 4.37. The van der Waals surface area contributed by atoms with Crippen molar-refractivity contribution in [2.24, 2.45) is 0 Å². The first-order chi connectivity index (χ1) is 7.74. The summed E-state index contributed by atoms with van der Waals surface area (Å²) in [5.74, 6) is 0. The van der Waals surface area contributed by atoms with E-state index in [4.69, 9.17) is 4.74 Å². The Morgan fingerprint density at radius 1 is 1.56 bits per heavy atom. The minimum atomic E-state index is 0.457. The van der Waals surface area contributed by atoms with E-state index in [1.807, 2.05) is 6.92 Å². The molecule has 1 fully saturated rings. The molecule has 0 spiro atoms. The topological polar surface area (TPSA) is 47.0 Å². The fraction of sp³-hybridized carbons (Fsp3) is 0.818. The Morgan fingerprint density at radius 3 is 3.06 bits per heavy atom. The van der Waals surface area contributed by atoms with Gasteiger partial charge in [-0.3, -0.25) is 0 Å². The molecular weight excluding hydrogens is 222 g/mol. The number of nitrogens with one attached hydrogen (secondary N) is 1. The van der Waals surface area contributed by atoms with Gasteiger partial charge in [-0.15, -0.1) is 21.5 Å². The average Bonchev–Trinajstić information content (AvgIpc) is 2.87. The van der Waals surface area contributed by atoms with Gasteiger partial charge in [0.15, 0.2) is 0 Å². The zero-order chi connectivity index (χ0) is 11.4. The predicted molar refractivity (Wildman–Crippen MR) is 64.5 cm³/mol. The molecule has 0 saturated carbocycles. The minimum Gasteiger partial charge on any atom is -0.378 e. The molecule has 1 aromatic heterocycles. The van der Waals surface area contributed by atoms with Gasteiger partial charge >= 0.3 is 0 Å². The summed E-state index contributed by atoms with van der Waals surface area (Å²) in [5.41, 5.74) is 0. The van der Waals surface area contributed by atoms with E-state index in [1.54, 1.807) is 11.3 Å². The molecule has 2 unspecified atom stereocenters. The molecule has 2 heterocycles. The average molecular weight is 241 g/mol. The maximum atomic E-state index is 5.61. The molecular formula is C11H19N3OS. The SMILES string of the molecule is Cc1nnc(CNC(C)CC2CCCO2)s1. The second kappa shape index (κ2) is 5.70. The van der Waals surface area contributed by atoms with Crippen LogP contribution >= 0.6 is 11.3 Å². The summed E-state index contributed by atoms with van der Waals surface area (Å²) in [6.45, 7) is 5.94. The third-order valence-corrected chi connectivity index (χ3v) is 3.65. The molecule has 2 rings (SSSR count). The molecule has 1 N–H and O–H groups in total. The van der Waals surface area contributed by atoms with Gasteiger partial charge in [0.25, 0.3) is 0 Å². The first-order valence-corrected chi connectivity index (χ1v) is 6.69. The van der Waals surface area contributed by atoms with Crippen molar-refractivity contribution >= 4 is 11.3 Å². The van der Waals surface area contributed by atoms with E-state index in [0.29, 0.717) is 12.1 Å². The Hall–Kier alpha value is -0.520. The van der Waals surface area contributed by atoms with E-state index in [1.165, 1.54) is 12.8 Å². The van der Waals surface area contributed by atoms with Gasteiger partial charge in [0, 0.05) is 19.2 Å². The van der Waals surface area contributed by atoms with Gasteiger partial charge in [-0.25, -0.2) is 0 Å². The Bertz CT molecular complexity index is 323. The number of aryl methyl sites for hydroxylation is 1. The van der Waals surface area contributed by atoms with Crippen LogP contribution in [0, 0.1) is 6.92 Å². The van der Waals surface area contributed by atoms with Crippen LogP contribution in [0.15, 0.2) is 0 Å². The first-order valence-electron chi connectivity index (χ1n) is 5.88. The largest absolute Gasteiger partial charge is 0.378 e. The summed E-state index contributed by atoms with van der Waals surface area (Å²) < 4.78 is 5.61. The molecule has 5 heteroatoms. The summed E-state index contributed by atoms with van der Waals surface area (Å²) in [5, 5.41) is 13.7. The van der Waals surface area contributed by atoms with Gasteiger partial charge in [-0.1, -0.05) is 0 Å². The van der Waals surface area contributed by atoms with Crippen molar-refractivity contribution in [3.8, 4) is 0 Å². The predicted octanol–water partition coefficient (Wildman–Crippen LogP) is 1.89. The van der Waals surface area contributed by atoms with Crippen LogP contribution in [-0.4, -0.2) is 29.0 Å². The molecule has 2 atom stereocenters. The van der Waals surface area contributed by atoms with Crippen LogP contribution in [0.25, 0.3) is 0 Å². The molecule has 0 amide bonds. The van der Waals surface area contributed by atoms with Crippen LogP contribution in [0.3, 0.4) is 0 Å². The molecule has 0 bridgehead atoms. The number of rotatable bonds is 5. The van der Waals surface area contributed by atoms with E-state index < -0.39 is 0 Å². The molecule has 4 nitrogen and oxygen atoms in total. The molecule has 90 valence electrons. The number of ether oxygens (including phenoxy) is 1. The summed E-state index contributed by atoms with van der Waals surface area (Å²) >= 11 is 1.66. The second-order valence-corrected chi connectivity index (χ2v) is 5.63. The molecule has 1 saturated heterocycles. The van der Waals surface area contributed by atoms with Gasteiger partial charge in [-0.2, -0.15) is 0 Å². The molecule has 1 aromatic rings. The van der Waals surface area contributed by atoms with Crippen LogP contribution in [0.4, 0.5) is 0 Å². The smallest absolute Gasteiger partial charge is 0.131 e. The molecule has 1 aliphatic heterocycles. The fourth-order valence-electron chi connectivity index (χ4n) is 1.98. The lowest BCUT2D eigenvalue weighted by molar-refractivity contribution is 0.0961. The van der Waals surface area contributed by atoms with Crippen molar-refractivity contribution in [3.05, 3.63) is 10.0 Å². The Kier molecular flexibility index (Phi) is 4.26. The molecule has 16 heavy (non-hydrogen) atoms. The van der Waals surface area contributed by atoms with Crippen LogP contribution in [0.1, 0.15) is 36.2 Å². The lowest BCUT2D eigenvalue weighted by atomic mass is 10.1. The van der Waals surface area contributed by atoms with E-state index in [2.05, 4.69) is 22.4 Å². The van der Waals surface area contributed by atoms with Crippen molar-refractivity contribution in [3.63, 3.8) is 0 Å². The zero-order valence-electron chi connectivity index (χ0n) is 9.90. The maximum absolute atomic E-state index is 5.61. The Labute approximate surface area is 100 Å². The van der Waals surface area contributed by atoms with Crippen molar-refractivity contribution in [2.45, 2.75) is 51.8 Å². The highest BCUT2D eigenvalue weighted by Crippen LogP contribution is 2.17. The molecule has 0 aromatic carbocycles. The summed E-state index contributed by atoms with van der Waals surface area (Å²) in [7, 11) is 0. The van der Waals surface area contributed by atoms with Gasteiger partial charge in [0.05, 0.1) is 6.10 Å². The standard InChI is InChI=1S/C11H19N3OS/c1-8(6-10-4-3-5-15-10)12-7-11-14-13-9(2)16-11/h8,10,12H,3-7H2,1-2H3. The van der Waals surface area contributed by atoms with E-state index in [9.17, 15) is 0 Å². The Morgan fingerprint density at radius 2 is 2.44 bits per heavy atom. The zero-order valence-corrected chi connectivity index (χ0v) is 10.7. The maximum Gasteiger partial charge on any atom is 0.131 e. The summed E-state index contributed by atoms with van der Waals surface area (Å²) in [4.78, 5) is 0. The van der Waals surface area contributed by atoms with E-state index >= 15 is 0 Å². The van der Waals surface area contributed by atoms with Crippen molar-refractivity contribution < 1.29 is 4.74 Å². The minimum absolute atomic E-state index is 0.457. The third-order valence-electron chi connectivity index (χ3n) is 2.81. The Balaban J connectivity index is 1.68. The van der Waals surface area contributed by atoms with Crippen LogP contribution in [-0.2, 0) is 11.3 Å². The van der Waals surface area contributed by atoms with E-state index in [0.717, 1.165) is 29.6 Å². The molecule has 0 radical (unpaired) electrons. The van der Waals surface area contributed by atoms with E-state index in [-0.39, 0.29) is 0 Å². The van der Waals surface area contributed by atoms with Gasteiger partial charge in [0.1, 0.15) is 10.0 Å². The van der Waals surface area contributed by atoms with Gasteiger partial charge < -0.3 is 10.1 Å². The molecule has 0 aliphatic carbocycles. The number of aromatic nitrogens is 2. The molecule has 1 aliphatic rings. The van der Waals surface area contributed by atoms with Crippen LogP contribution in [0.5, 0.6) is 0 Å². The third kappa shape index (κ3) is 3.50. The lowest BCUT2D eigenvalue weighted by Crippen LogP contribution is -2.29.